The normalized spacial score (nSPS) is 19.6. The molecule has 0 spiro atoms. The summed E-state index contributed by atoms with van der Waals surface area (Å²) in [5, 5.41) is 8.97. The number of carbonyl (C=O) groups is 1. The minimum Gasteiger partial charge on any atom is -0.493 e. The molecule has 2 rings (SSSR count). The monoisotopic (exact) mass is 193 g/mol. The molecule has 0 saturated carbocycles. The summed E-state index contributed by atoms with van der Waals surface area (Å²) in [6, 6.07) is 5.09. The van der Waals surface area contributed by atoms with Gasteiger partial charge in [0.2, 0.25) is 0 Å². The molecule has 14 heavy (non-hydrogen) atoms. The van der Waals surface area contributed by atoms with Gasteiger partial charge in [-0.3, -0.25) is 4.79 Å². The molecule has 1 atom stereocenters. The van der Waals surface area contributed by atoms with Crippen LogP contribution in [0.1, 0.15) is 17.9 Å². The van der Waals surface area contributed by atoms with E-state index in [2.05, 4.69) is 0 Å². The van der Waals surface area contributed by atoms with E-state index >= 15 is 0 Å². The van der Waals surface area contributed by atoms with Crippen molar-refractivity contribution in [2.24, 2.45) is 0 Å². The van der Waals surface area contributed by atoms with Gasteiger partial charge in [0.15, 0.2) is 0 Å². The number of aliphatic carboxylic acids is 1. The summed E-state index contributed by atoms with van der Waals surface area (Å²) < 4.78 is 5.34. The Balaban J connectivity index is 2.44. The maximum Gasteiger partial charge on any atom is 0.311 e. The molecular formula is C10H11NO3. The minimum absolute atomic E-state index is 0.438. The Morgan fingerprint density at radius 2 is 2.36 bits per heavy atom. The highest BCUT2D eigenvalue weighted by Gasteiger charge is 2.27. The smallest absolute Gasteiger partial charge is 0.311 e. The van der Waals surface area contributed by atoms with E-state index in [0.717, 1.165) is 5.56 Å². The lowest BCUT2D eigenvalue weighted by molar-refractivity contribution is -0.139. The van der Waals surface area contributed by atoms with E-state index in [1.54, 1.807) is 18.2 Å². The van der Waals surface area contributed by atoms with Gasteiger partial charge in [-0.2, -0.15) is 0 Å². The number of rotatable bonds is 1. The summed E-state index contributed by atoms with van der Waals surface area (Å²) in [7, 11) is 0. The Labute approximate surface area is 81.3 Å². The molecule has 1 heterocycles. The van der Waals surface area contributed by atoms with Gasteiger partial charge in [-0.1, -0.05) is 6.07 Å². The van der Waals surface area contributed by atoms with Crippen molar-refractivity contribution in [2.45, 2.75) is 12.3 Å². The molecular weight excluding hydrogens is 182 g/mol. The van der Waals surface area contributed by atoms with Gasteiger partial charge in [-0.15, -0.1) is 0 Å². The van der Waals surface area contributed by atoms with E-state index in [-0.39, 0.29) is 0 Å². The molecule has 1 aromatic rings. The molecule has 1 unspecified atom stereocenters. The summed E-state index contributed by atoms with van der Waals surface area (Å²) in [6.07, 6.45) is 0.520. The molecule has 3 N–H and O–H groups in total. The molecule has 1 aromatic carbocycles. The molecule has 4 nitrogen and oxygen atoms in total. The number of fused-ring (bicyclic) bond motifs is 1. The largest absolute Gasteiger partial charge is 0.493 e. The first kappa shape index (κ1) is 8.87. The van der Waals surface area contributed by atoms with E-state index in [0.29, 0.717) is 24.5 Å². The van der Waals surface area contributed by atoms with Crippen molar-refractivity contribution in [1.29, 1.82) is 0 Å². The number of ether oxygens (including phenoxy) is 1. The van der Waals surface area contributed by atoms with Crippen molar-refractivity contribution >= 4 is 11.7 Å². The van der Waals surface area contributed by atoms with Crippen molar-refractivity contribution < 1.29 is 14.6 Å². The number of hydrogen-bond acceptors (Lipinski definition) is 3. The fourth-order valence-electron chi connectivity index (χ4n) is 1.66. The van der Waals surface area contributed by atoms with E-state index in [1.807, 2.05) is 0 Å². The van der Waals surface area contributed by atoms with Crippen LogP contribution in [0.15, 0.2) is 18.2 Å². The average Bonchev–Trinajstić information content (AvgIpc) is 2.16. The van der Waals surface area contributed by atoms with Crippen LogP contribution in [0.2, 0.25) is 0 Å². The second kappa shape index (κ2) is 3.21. The maximum absolute atomic E-state index is 10.9. The molecule has 0 fully saturated rings. The summed E-state index contributed by atoms with van der Waals surface area (Å²) in [4.78, 5) is 10.9. The summed E-state index contributed by atoms with van der Waals surface area (Å²) in [6.45, 7) is 0.438. The SMILES string of the molecule is Nc1ccc2c(c1)OCCC2C(=O)O. The van der Waals surface area contributed by atoms with Crippen molar-refractivity contribution in [2.75, 3.05) is 12.3 Å². The van der Waals surface area contributed by atoms with E-state index in [9.17, 15) is 4.79 Å². The van der Waals surface area contributed by atoms with E-state index in [4.69, 9.17) is 15.6 Å². The molecule has 4 heteroatoms. The van der Waals surface area contributed by atoms with Gasteiger partial charge in [-0.25, -0.2) is 0 Å². The fourth-order valence-corrected chi connectivity index (χ4v) is 1.66. The predicted molar refractivity (Wildman–Crippen MR) is 51.3 cm³/mol. The molecule has 0 aromatic heterocycles. The summed E-state index contributed by atoms with van der Waals surface area (Å²) in [5.74, 6) is -0.665. The van der Waals surface area contributed by atoms with Crippen molar-refractivity contribution in [3.05, 3.63) is 23.8 Å². The van der Waals surface area contributed by atoms with Crippen LogP contribution in [0.25, 0.3) is 0 Å². The van der Waals surface area contributed by atoms with Crippen molar-refractivity contribution in [1.82, 2.24) is 0 Å². The molecule has 0 radical (unpaired) electrons. The fraction of sp³-hybridized carbons (Fsp3) is 0.300. The van der Waals surface area contributed by atoms with Crippen molar-refractivity contribution in [3.8, 4) is 5.75 Å². The minimum atomic E-state index is -0.806. The van der Waals surface area contributed by atoms with Gasteiger partial charge >= 0.3 is 5.97 Å². The highest BCUT2D eigenvalue weighted by atomic mass is 16.5. The second-order valence-corrected chi connectivity index (χ2v) is 3.33. The van der Waals surface area contributed by atoms with Crippen LogP contribution in [-0.2, 0) is 4.79 Å². The third kappa shape index (κ3) is 1.39. The van der Waals surface area contributed by atoms with Crippen LogP contribution in [-0.4, -0.2) is 17.7 Å². The lowest BCUT2D eigenvalue weighted by Crippen LogP contribution is -2.20. The zero-order chi connectivity index (χ0) is 10.1. The summed E-state index contributed by atoms with van der Waals surface area (Å²) in [5.41, 5.74) is 6.89. The van der Waals surface area contributed by atoms with Gasteiger partial charge < -0.3 is 15.6 Å². The first-order valence-corrected chi connectivity index (χ1v) is 4.43. The third-order valence-electron chi connectivity index (χ3n) is 2.38. The quantitative estimate of drug-likeness (QED) is 0.658. The Bertz CT molecular complexity index is 376. The predicted octanol–water partition coefficient (Wildman–Crippen LogP) is 1.22. The first-order valence-electron chi connectivity index (χ1n) is 4.43. The third-order valence-corrected chi connectivity index (χ3v) is 2.38. The highest BCUT2D eigenvalue weighted by molar-refractivity contribution is 5.78. The molecule has 74 valence electrons. The van der Waals surface area contributed by atoms with Gasteiger partial charge in [0.25, 0.3) is 0 Å². The maximum atomic E-state index is 10.9. The number of nitrogen functional groups attached to an aromatic ring is 1. The lowest BCUT2D eigenvalue weighted by atomic mass is 9.93. The van der Waals surface area contributed by atoms with Crippen LogP contribution in [0.4, 0.5) is 5.69 Å². The van der Waals surface area contributed by atoms with Crippen molar-refractivity contribution in [3.63, 3.8) is 0 Å². The number of nitrogens with two attached hydrogens (primary N) is 1. The topological polar surface area (TPSA) is 72.5 Å². The Kier molecular flexibility index (Phi) is 2.04. The summed E-state index contributed by atoms with van der Waals surface area (Å²) >= 11 is 0. The Hall–Kier alpha value is -1.71. The van der Waals surface area contributed by atoms with Gasteiger partial charge in [0.1, 0.15) is 5.75 Å². The molecule has 0 saturated heterocycles. The Morgan fingerprint density at radius 1 is 1.57 bits per heavy atom. The number of anilines is 1. The van der Waals surface area contributed by atoms with Crippen LogP contribution in [0.5, 0.6) is 5.75 Å². The Morgan fingerprint density at radius 3 is 3.07 bits per heavy atom. The number of benzene rings is 1. The lowest BCUT2D eigenvalue weighted by Gasteiger charge is -2.23. The van der Waals surface area contributed by atoms with Crippen LogP contribution < -0.4 is 10.5 Å². The van der Waals surface area contributed by atoms with E-state index in [1.165, 1.54) is 0 Å². The van der Waals surface area contributed by atoms with Crippen LogP contribution in [0.3, 0.4) is 0 Å². The number of carboxylic acids is 1. The molecule has 0 bridgehead atoms. The first-order chi connectivity index (χ1) is 6.68. The van der Waals surface area contributed by atoms with Crippen LogP contribution >= 0.6 is 0 Å². The molecule has 0 amide bonds. The average molecular weight is 193 g/mol. The van der Waals surface area contributed by atoms with Crippen LogP contribution in [0, 0.1) is 0 Å². The number of carboxylic acid groups (broad SMARTS) is 1. The zero-order valence-electron chi connectivity index (χ0n) is 7.56. The zero-order valence-corrected chi connectivity index (χ0v) is 7.56. The second-order valence-electron chi connectivity index (χ2n) is 3.33. The highest BCUT2D eigenvalue weighted by Crippen LogP contribution is 2.34. The van der Waals surface area contributed by atoms with E-state index < -0.39 is 11.9 Å². The molecule has 1 aliphatic rings. The molecule has 0 aliphatic carbocycles. The number of hydrogen-bond donors (Lipinski definition) is 2. The van der Waals surface area contributed by atoms with Gasteiger partial charge in [-0.05, 0) is 12.5 Å². The standard InChI is InChI=1S/C10H11NO3/c11-6-1-2-7-8(10(12)13)3-4-14-9(7)5-6/h1-2,5,8H,3-4,11H2,(H,12,13). The van der Waals surface area contributed by atoms with Gasteiger partial charge in [0, 0.05) is 17.3 Å². The molecule has 1 aliphatic heterocycles. The van der Waals surface area contributed by atoms with Gasteiger partial charge in [0.05, 0.1) is 12.5 Å².